The maximum atomic E-state index is 5.63. The van der Waals surface area contributed by atoms with Gasteiger partial charge in [-0.1, -0.05) is 0 Å². The Bertz CT molecular complexity index is 837. The number of pyridine rings is 1. The van der Waals surface area contributed by atoms with Crippen LogP contribution in [-0.4, -0.2) is 30.7 Å². The number of rotatable bonds is 3. The molecule has 5 nitrogen and oxygen atoms in total. The van der Waals surface area contributed by atoms with Gasteiger partial charge < -0.3 is 18.6 Å². The number of aromatic nitrogens is 2. The summed E-state index contributed by atoms with van der Waals surface area (Å²) in [5.41, 5.74) is 1.89. The molecule has 0 radical (unpaired) electrons. The topological polar surface area (TPSA) is 45.0 Å². The average molecular weight is 286 g/mol. The molecule has 5 heteroatoms. The van der Waals surface area contributed by atoms with E-state index in [1.165, 1.54) is 0 Å². The molecule has 3 rings (SSSR count). The molecular formula is C16H18N2O3. The Hall–Kier alpha value is -2.43. The number of hydrogen-bond acceptors (Lipinski definition) is 4. The van der Waals surface area contributed by atoms with E-state index in [2.05, 4.69) is 4.98 Å². The highest BCUT2D eigenvalue weighted by Crippen LogP contribution is 2.46. The number of aryl methyl sites for hydroxylation is 1. The van der Waals surface area contributed by atoms with E-state index in [0.717, 1.165) is 33.4 Å². The van der Waals surface area contributed by atoms with Crippen LogP contribution in [0.25, 0.3) is 16.3 Å². The maximum absolute atomic E-state index is 5.63. The average Bonchev–Trinajstić information content (AvgIpc) is 2.87. The van der Waals surface area contributed by atoms with E-state index in [9.17, 15) is 0 Å². The van der Waals surface area contributed by atoms with Crippen LogP contribution in [0.3, 0.4) is 0 Å². The first-order valence-corrected chi connectivity index (χ1v) is 6.69. The minimum Gasteiger partial charge on any atom is -0.496 e. The van der Waals surface area contributed by atoms with Crippen molar-refractivity contribution >= 4 is 16.3 Å². The largest absolute Gasteiger partial charge is 0.496 e. The number of nitrogens with zero attached hydrogens (tertiary/aromatic N) is 2. The molecule has 0 N–H and O–H groups in total. The normalized spacial score (nSPS) is 11.1. The van der Waals surface area contributed by atoms with E-state index in [1.54, 1.807) is 21.3 Å². The number of ether oxygens (including phenoxy) is 3. The summed E-state index contributed by atoms with van der Waals surface area (Å²) in [6.45, 7) is 3.93. The van der Waals surface area contributed by atoms with E-state index in [1.807, 2.05) is 36.7 Å². The highest BCUT2D eigenvalue weighted by Gasteiger charge is 2.21. The van der Waals surface area contributed by atoms with Crippen LogP contribution in [0.15, 0.2) is 18.5 Å². The summed E-state index contributed by atoms with van der Waals surface area (Å²) in [4.78, 5) is 4.38. The van der Waals surface area contributed by atoms with Gasteiger partial charge in [-0.15, -0.1) is 0 Å². The van der Waals surface area contributed by atoms with Crippen molar-refractivity contribution < 1.29 is 14.2 Å². The van der Waals surface area contributed by atoms with Gasteiger partial charge in [-0.25, -0.2) is 4.98 Å². The van der Waals surface area contributed by atoms with Crippen molar-refractivity contribution in [3.05, 3.63) is 29.8 Å². The van der Waals surface area contributed by atoms with Gasteiger partial charge in [-0.2, -0.15) is 0 Å². The quantitative estimate of drug-likeness (QED) is 0.742. The molecule has 2 aromatic heterocycles. The third-order valence-corrected chi connectivity index (χ3v) is 3.87. The Morgan fingerprint density at radius 2 is 1.62 bits per heavy atom. The van der Waals surface area contributed by atoms with Crippen molar-refractivity contribution in [1.29, 1.82) is 0 Å². The molecule has 0 spiro atoms. The highest BCUT2D eigenvalue weighted by atomic mass is 16.5. The fourth-order valence-electron chi connectivity index (χ4n) is 2.92. The Kier molecular flexibility index (Phi) is 3.12. The third-order valence-electron chi connectivity index (χ3n) is 3.87. The molecule has 0 atom stereocenters. The van der Waals surface area contributed by atoms with Crippen molar-refractivity contribution in [2.75, 3.05) is 21.3 Å². The summed E-state index contributed by atoms with van der Waals surface area (Å²) >= 11 is 0. The molecule has 0 saturated heterocycles. The first-order chi connectivity index (χ1) is 10.1. The Morgan fingerprint density at radius 3 is 2.24 bits per heavy atom. The zero-order valence-corrected chi connectivity index (χ0v) is 12.9. The zero-order chi connectivity index (χ0) is 15.1. The fourth-order valence-corrected chi connectivity index (χ4v) is 2.92. The molecule has 0 aliphatic rings. The van der Waals surface area contributed by atoms with E-state index >= 15 is 0 Å². The van der Waals surface area contributed by atoms with Gasteiger partial charge >= 0.3 is 0 Å². The van der Waals surface area contributed by atoms with Gasteiger partial charge in [0.05, 0.1) is 38.4 Å². The van der Waals surface area contributed by atoms with Crippen LogP contribution in [0.4, 0.5) is 0 Å². The molecule has 0 saturated carbocycles. The summed E-state index contributed by atoms with van der Waals surface area (Å²) in [7, 11) is 4.95. The number of imidazole rings is 1. The van der Waals surface area contributed by atoms with Gasteiger partial charge in [-0.05, 0) is 19.9 Å². The van der Waals surface area contributed by atoms with Crippen LogP contribution in [-0.2, 0) is 0 Å². The fraction of sp³-hybridized carbons (Fsp3) is 0.312. The lowest BCUT2D eigenvalue weighted by Gasteiger charge is -2.18. The monoisotopic (exact) mass is 286 g/mol. The van der Waals surface area contributed by atoms with Crippen molar-refractivity contribution in [2.24, 2.45) is 0 Å². The van der Waals surface area contributed by atoms with Crippen molar-refractivity contribution in [1.82, 2.24) is 9.38 Å². The lowest BCUT2D eigenvalue weighted by Crippen LogP contribution is -2.00. The first kappa shape index (κ1) is 13.5. The first-order valence-electron chi connectivity index (χ1n) is 6.69. The Morgan fingerprint density at radius 1 is 0.952 bits per heavy atom. The summed E-state index contributed by atoms with van der Waals surface area (Å²) < 4.78 is 18.8. The molecule has 2 heterocycles. The molecule has 21 heavy (non-hydrogen) atoms. The van der Waals surface area contributed by atoms with Gasteiger partial charge in [0.15, 0.2) is 11.5 Å². The molecule has 0 aliphatic carbocycles. The predicted molar refractivity (Wildman–Crippen MR) is 81.8 cm³/mol. The van der Waals surface area contributed by atoms with Crippen LogP contribution < -0.4 is 14.2 Å². The highest BCUT2D eigenvalue weighted by molar-refractivity contribution is 6.06. The lowest BCUT2D eigenvalue weighted by atomic mass is 10.0. The SMILES string of the molecule is COc1c(C)c(OC)c2ccn3c(C)ncc3c2c1OC. The van der Waals surface area contributed by atoms with Crippen molar-refractivity contribution in [3.63, 3.8) is 0 Å². The number of hydrogen-bond donors (Lipinski definition) is 0. The number of fused-ring (bicyclic) bond motifs is 3. The van der Waals surface area contributed by atoms with E-state index in [4.69, 9.17) is 14.2 Å². The molecule has 0 unspecified atom stereocenters. The molecule has 0 fully saturated rings. The maximum Gasteiger partial charge on any atom is 0.171 e. The summed E-state index contributed by atoms with van der Waals surface area (Å²) in [5, 5.41) is 1.93. The standard InChI is InChI=1S/C16H18N2O3/c1-9-14(19-3)11-6-7-18-10(2)17-8-12(18)13(11)16(21-5)15(9)20-4/h6-8H,1-5H3. The molecule has 1 aromatic carbocycles. The summed E-state index contributed by atoms with van der Waals surface area (Å²) in [6, 6.07) is 2.02. The van der Waals surface area contributed by atoms with Gasteiger partial charge in [0.1, 0.15) is 11.6 Å². The zero-order valence-electron chi connectivity index (χ0n) is 12.9. The number of methoxy groups -OCH3 is 3. The Balaban J connectivity index is 2.61. The second-order valence-corrected chi connectivity index (χ2v) is 4.89. The lowest BCUT2D eigenvalue weighted by molar-refractivity contribution is 0.350. The summed E-state index contributed by atoms with van der Waals surface area (Å²) in [5.74, 6) is 3.11. The molecule has 3 aromatic rings. The van der Waals surface area contributed by atoms with Crippen molar-refractivity contribution in [3.8, 4) is 17.2 Å². The van der Waals surface area contributed by atoms with Gasteiger partial charge in [0.25, 0.3) is 0 Å². The van der Waals surface area contributed by atoms with E-state index in [-0.39, 0.29) is 0 Å². The van der Waals surface area contributed by atoms with E-state index < -0.39 is 0 Å². The van der Waals surface area contributed by atoms with Crippen LogP contribution in [0.1, 0.15) is 11.4 Å². The van der Waals surface area contributed by atoms with Gasteiger partial charge in [0, 0.05) is 17.1 Å². The summed E-state index contributed by atoms with van der Waals surface area (Å²) in [6.07, 6.45) is 3.84. The molecule has 0 bridgehead atoms. The van der Waals surface area contributed by atoms with Crippen molar-refractivity contribution in [2.45, 2.75) is 13.8 Å². The second kappa shape index (κ2) is 4.84. The minimum atomic E-state index is 0.689. The second-order valence-electron chi connectivity index (χ2n) is 4.89. The predicted octanol–water partition coefficient (Wildman–Crippen LogP) is 3.13. The molecule has 0 amide bonds. The molecular weight excluding hydrogens is 268 g/mol. The van der Waals surface area contributed by atoms with Gasteiger partial charge in [-0.3, -0.25) is 0 Å². The van der Waals surface area contributed by atoms with E-state index in [0.29, 0.717) is 11.5 Å². The van der Waals surface area contributed by atoms with Crippen LogP contribution >= 0.6 is 0 Å². The van der Waals surface area contributed by atoms with Crippen LogP contribution in [0.2, 0.25) is 0 Å². The molecule has 0 aliphatic heterocycles. The van der Waals surface area contributed by atoms with Crippen LogP contribution in [0.5, 0.6) is 17.2 Å². The minimum absolute atomic E-state index is 0.689. The van der Waals surface area contributed by atoms with Gasteiger partial charge in [0.2, 0.25) is 0 Å². The molecule has 110 valence electrons. The van der Waals surface area contributed by atoms with Crippen LogP contribution in [0, 0.1) is 13.8 Å². The Labute approximate surface area is 123 Å². The number of benzene rings is 1. The smallest absolute Gasteiger partial charge is 0.171 e. The third kappa shape index (κ3) is 1.73.